The molecular weight excluding hydrogens is 238 g/mol. The summed E-state index contributed by atoms with van der Waals surface area (Å²) in [4.78, 5) is 2.01. The molecule has 0 spiro atoms. The van der Waals surface area contributed by atoms with E-state index in [0.29, 0.717) is 0 Å². The van der Waals surface area contributed by atoms with Gasteiger partial charge in [-0.3, -0.25) is 0 Å². The third-order valence-electron chi connectivity index (χ3n) is 2.59. The maximum Gasteiger partial charge on any atom is 0.240 e. The Balaban J connectivity index is 2.97. The fourth-order valence-electron chi connectivity index (χ4n) is 1.56. The molecule has 0 atom stereocenters. The minimum absolute atomic E-state index is 0.0230. The summed E-state index contributed by atoms with van der Waals surface area (Å²) < 4.78 is 22.4. The van der Waals surface area contributed by atoms with Crippen LogP contribution in [-0.4, -0.2) is 22.0 Å². The van der Waals surface area contributed by atoms with Crippen molar-refractivity contribution in [2.24, 2.45) is 5.14 Å². The summed E-state index contributed by atoms with van der Waals surface area (Å²) >= 11 is 0. The summed E-state index contributed by atoms with van der Waals surface area (Å²) in [7, 11) is -1.79. The zero-order chi connectivity index (χ0) is 13.1. The first-order valence-corrected chi connectivity index (χ1v) is 7.04. The van der Waals surface area contributed by atoms with Crippen LogP contribution in [0.1, 0.15) is 19.8 Å². The molecule has 1 aromatic rings. The van der Waals surface area contributed by atoms with Crippen LogP contribution in [0.15, 0.2) is 23.1 Å². The maximum absolute atomic E-state index is 11.2. The smallest absolute Gasteiger partial charge is 0.240 e. The van der Waals surface area contributed by atoms with E-state index >= 15 is 0 Å². The summed E-state index contributed by atoms with van der Waals surface area (Å²) in [5, 5.41) is 5.04. The Labute approximate surface area is 102 Å². The number of hydrogen-bond donors (Lipinski definition) is 2. The molecule has 0 saturated carbocycles. The molecule has 0 aliphatic rings. The SMILES string of the molecule is CCCCN(C)c1ccc(S(N)(=O)=O)c(N)c1. The van der Waals surface area contributed by atoms with Crippen molar-refractivity contribution in [2.75, 3.05) is 24.2 Å². The van der Waals surface area contributed by atoms with Crippen LogP contribution < -0.4 is 15.8 Å². The Bertz CT molecular complexity index is 485. The Morgan fingerprint density at radius 2 is 2.00 bits per heavy atom. The van der Waals surface area contributed by atoms with Crippen LogP contribution in [0.25, 0.3) is 0 Å². The van der Waals surface area contributed by atoms with Gasteiger partial charge in [0.2, 0.25) is 10.0 Å². The number of primary sulfonamides is 1. The highest BCUT2D eigenvalue weighted by molar-refractivity contribution is 7.89. The predicted molar refractivity (Wildman–Crippen MR) is 70.4 cm³/mol. The first-order chi connectivity index (χ1) is 7.86. The van der Waals surface area contributed by atoms with E-state index in [1.54, 1.807) is 12.1 Å². The van der Waals surface area contributed by atoms with Crippen molar-refractivity contribution in [3.8, 4) is 0 Å². The van der Waals surface area contributed by atoms with Gasteiger partial charge in [0, 0.05) is 19.3 Å². The minimum atomic E-state index is -3.74. The lowest BCUT2D eigenvalue weighted by Crippen LogP contribution is -2.19. The van der Waals surface area contributed by atoms with Gasteiger partial charge < -0.3 is 10.6 Å². The van der Waals surface area contributed by atoms with E-state index in [9.17, 15) is 8.42 Å². The summed E-state index contributed by atoms with van der Waals surface area (Å²) in [6.07, 6.45) is 2.18. The number of nitrogens with two attached hydrogens (primary N) is 2. The molecule has 0 fully saturated rings. The van der Waals surface area contributed by atoms with Crippen molar-refractivity contribution < 1.29 is 8.42 Å². The Hall–Kier alpha value is -1.27. The van der Waals surface area contributed by atoms with Crippen molar-refractivity contribution in [1.29, 1.82) is 0 Å². The Kier molecular flexibility index (Phi) is 4.36. The predicted octanol–water partition coefficient (Wildman–Crippen LogP) is 1.15. The van der Waals surface area contributed by atoms with Gasteiger partial charge in [-0.05, 0) is 24.6 Å². The average Bonchev–Trinajstić information content (AvgIpc) is 2.23. The largest absolute Gasteiger partial charge is 0.398 e. The Morgan fingerprint density at radius 1 is 1.35 bits per heavy atom. The second-order valence-electron chi connectivity index (χ2n) is 4.04. The first-order valence-electron chi connectivity index (χ1n) is 5.49. The van der Waals surface area contributed by atoms with E-state index < -0.39 is 10.0 Å². The van der Waals surface area contributed by atoms with E-state index in [-0.39, 0.29) is 10.6 Å². The summed E-state index contributed by atoms with van der Waals surface area (Å²) in [5.41, 5.74) is 6.77. The fourth-order valence-corrected chi connectivity index (χ4v) is 2.20. The second kappa shape index (κ2) is 5.37. The number of hydrogen-bond acceptors (Lipinski definition) is 4. The molecule has 0 bridgehead atoms. The van der Waals surface area contributed by atoms with Crippen molar-refractivity contribution in [2.45, 2.75) is 24.7 Å². The van der Waals surface area contributed by atoms with E-state index in [0.717, 1.165) is 25.1 Å². The molecular formula is C11H19N3O2S. The van der Waals surface area contributed by atoms with Gasteiger partial charge in [0.15, 0.2) is 0 Å². The van der Waals surface area contributed by atoms with E-state index in [4.69, 9.17) is 10.9 Å². The van der Waals surface area contributed by atoms with Crippen molar-refractivity contribution in [1.82, 2.24) is 0 Å². The van der Waals surface area contributed by atoms with E-state index in [2.05, 4.69) is 6.92 Å². The lowest BCUT2D eigenvalue weighted by Gasteiger charge is -2.19. The minimum Gasteiger partial charge on any atom is -0.398 e. The lowest BCUT2D eigenvalue weighted by atomic mass is 10.2. The number of nitrogens with zero attached hydrogens (tertiary/aromatic N) is 1. The summed E-state index contributed by atoms with van der Waals surface area (Å²) in [5.74, 6) is 0. The lowest BCUT2D eigenvalue weighted by molar-refractivity contribution is 0.598. The van der Waals surface area contributed by atoms with E-state index in [1.807, 2.05) is 11.9 Å². The zero-order valence-electron chi connectivity index (χ0n) is 10.2. The first kappa shape index (κ1) is 13.8. The van der Waals surface area contributed by atoms with E-state index in [1.165, 1.54) is 6.07 Å². The number of sulfonamides is 1. The van der Waals surface area contributed by atoms with Crippen molar-refractivity contribution in [3.05, 3.63) is 18.2 Å². The van der Waals surface area contributed by atoms with Crippen LogP contribution in [0, 0.1) is 0 Å². The van der Waals surface area contributed by atoms with Crippen LogP contribution in [0.5, 0.6) is 0 Å². The molecule has 17 heavy (non-hydrogen) atoms. The van der Waals surface area contributed by atoms with Gasteiger partial charge in [-0.1, -0.05) is 13.3 Å². The quantitative estimate of drug-likeness (QED) is 0.774. The third-order valence-corrected chi connectivity index (χ3v) is 3.57. The number of nitrogen functional groups attached to an aromatic ring is 1. The average molecular weight is 257 g/mol. The number of unbranched alkanes of at least 4 members (excludes halogenated alkanes) is 1. The molecule has 96 valence electrons. The van der Waals surface area contributed by atoms with Gasteiger partial charge in [0.1, 0.15) is 4.90 Å². The van der Waals surface area contributed by atoms with Crippen molar-refractivity contribution >= 4 is 21.4 Å². The van der Waals surface area contributed by atoms with Gasteiger partial charge in [0.05, 0.1) is 5.69 Å². The molecule has 0 amide bonds. The molecule has 0 aromatic heterocycles. The zero-order valence-corrected chi connectivity index (χ0v) is 11.0. The van der Waals surface area contributed by atoms with Crippen LogP contribution in [0.2, 0.25) is 0 Å². The molecule has 0 saturated heterocycles. The van der Waals surface area contributed by atoms with Crippen LogP contribution in [-0.2, 0) is 10.0 Å². The maximum atomic E-state index is 11.2. The van der Waals surface area contributed by atoms with Gasteiger partial charge in [-0.2, -0.15) is 0 Å². The number of anilines is 2. The highest BCUT2D eigenvalue weighted by Gasteiger charge is 2.13. The highest BCUT2D eigenvalue weighted by Crippen LogP contribution is 2.23. The molecule has 4 N–H and O–H groups in total. The van der Waals surface area contributed by atoms with Crippen LogP contribution in [0.4, 0.5) is 11.4 Å². The molecule has 0 aliphatic heterocycles. The molecule has 5 nitrogen and oxygen atoms in total. The highest BCUT2D eigenvalue weighted by atomic mass is 32.2. The fraction of sp³-hybridized carbons (Fsp3) is 0.455. The third kappa shape index (κ3) is 3.61. The monoisotopic (exact) mass is 257 g/mol. The van der Waals surface area contributed by atoms with Crippen LogP contribution >= 0.6 is 0 Å². The molecule has 0 aliphatic carbocycles. The number of benzene rings is 1. The van der Waals surface area contributed by atoms with Crippen molar-refractivity contribution in [3.63, 3.8) is 0 Å². The summed E-state index contributed by atoms with van der Waals surface area (Å²) in [6.45, 7) is 3.02. The number of rotatable bonds is 5. The van der Waals surface area contributed by atoms with Gasteiger partial charge >= 0.3 is 0 Å². The second-order valence-corrected chi connectivity index (χ2v) is 5.57. The van der Waals surface area contributed by atoms with Crippen LogP contribution in [0.3, 0.4) is 0 Å². The molecule has 0 radical (unpaired) electrons. The Morgan fingerprint density at radius 3 is 2.47 bits per heavy atom. The molecule has 1 rings (SSSR count). The molecule has 0 unspecified atom stereocenters. The topological polar surface area (TPSA) is 89.4 Å². The van der Waals surface area contributed by atoms with Gasteiger partial charge in [-0.25, -0.2) is 13.6 Å². The summed E-state index contributed by atoms with van der Waals surface area (Å²) in [6, 6.07) is 4.80. The standard InChI is InChI=1S/C11H19N3O2S/c1-3-4-7-14(2)9-5-6-11(10(12)8-9)17(13,15)16/h5-6,8H,3-4,7,12H2,1-2H3,(H2,13,15,16). The normalized spacial score (nSPS) is 11.5. The molecule has 1 aromatic carbocycles. The molecule has 6 heteroatoms. The molecule has 0 heterocycles. The van der Waals surface area contributed by atoms with Gasteiger partial charge in [0.25, 0.3) is 0 Å². The van der Waals surface area contributed by atoms with Gasteiger partial charge in [-0.15, -0.1) is 0 Å².